The second-order valence-corrected chi connectivity index (χ2v) is 16.9. The minimum absolute atomic E-state index is 0.280. The Bertz CT molecular complexity index is 3640. The van der Waals surface area contributed by atoms with Crippen LogP contribution in [0.4, 0.5) is 0 Å². The van der Waals surface area contributed by atoms with Gasteiger partial charge in [-0.25, -0.2) is 4.98 Å². The highest BCUT2D eigenvalue weighted by Crippen LogP contribution is 2.45. The number of benzene rings is 7. The van der Waals surface area contributed by atoms with E-state index in [1.54, 1.807) is 0 Å². The van der Waals surface area contributed by atoms with E-state index in [0.29, 0.717) is 5.71 Å². The summed E-state index contributed by atoms with van der Waals surface area (Å²) in [7, 11) is 0. The lowest BCUT2D eigenvalue weighted by Crippen LogP contribution is -2.31. The molecule has 0 spiro atoms. The largest absolute Gasteiger partial charge is 0.438 e. The predicted molar refractivity (Wildman–Crippen MR) is 251 cm³/mol. The summed E-state index contributed by atoms with van der Waals surface area (Å²) in [5.41, 5.74) is 11.8. The normalized spacial score (nSPS) is 14.4. The van der Waals surface area contributed by atoms with Gasteiger partial charge in [0.25, 0.3) is 0 Å². The number of pyridine rings is 1. The average molecular weight is 777 g/mol. The standard InChI is InChI=1S/C55H44N4O/c1-5-54(3,58-48-23-13-8-17-38(48)39-18-9-14-24-49(39)58)36-28-30-51-44(32-36)41-20-10-15-25-50(41)59(51)55(4,6-2)35-27-29-47-43(31-35)40-19-7-12-22-46(40)57(47)37-33-45-42-21-11-16-26-52(42)60-53(45)56-34-37/h7-34H,5-6H2,1-4H3. The van der Waals surface area contributed by atoms with Crippen LogP contribution in [0.3, 0.4) is 0 Å². The van der Waals surface area contributed by atoms with Crippen LogP contribution < -0.4 is 0 Å². The molecule has 5 aromatic heterocycles. The summed E-state index contributed by atoms with van der Waals surface area (Å²) in [5.74, 6) is 0. The fourth-order valence-electron chi connectivity index (χ4n) is 10.6. The first kappa shape index (κ1) is 34.9. The molecule has 0 fully saturated rings. The highest BCUT2D eigenvalue weighted by atomic mass is 16.3. The van der Waals surface area contributed by atoms with Gasteiger partial charge in [0.2, 0.25) is 5.71 Å². The fraction of sp³-hybridized carbons (Fsp3) is 0.145. The second-order valence-electron chi connectivity index (χ2n) is 16.9. The van der Waals surface area contributed by atoms with Crippen LogP contribution in [0.25, 0.3) is 93.2 Å². The topological polar surface area (TPSA) is 40.8 Å². The van der Waals surface area contributed by atoms with Gasteiger partial charge in [-0.05, 0) is 98.5 Å². The molecule has 0 aliphatic heterocycles. The minimum atomic E-state index is -0.350. The zero-order valence-corrected chi connectivity index (χ0v) is 34.3. The molecule has 0 aliphatic rings. The molecular formula is C55H44N4O. The Labute approximate surface area is 347 Å². The van der Waals surface area contributed by atoms with E-state index >= 15 is 0 Å². The maximum absolute atomic E-state index is 6.11. The predicted octanol–water partition coefficient (Wildman–Crippen LogP) is 14.6. The summed E-state index contributed by atoms with van der Waals surface area (Å²) in [6.07, 6.45) is 3.80. The number of hydrogen-bond acceptors (Lipinski definition) is 2. The summed E-state index contributed by atoms with van der Waals surface area (Å²) in [6, 6.07) is 60.3. The van der Waals surface area contributed by atoms with E-state index in [2.05, 4.69) is 193 Å². The lowest BCUT2D eigenvalue weighted by Gasteiger charge is -2.34. The second kappa shape index (κ2) is 12.7. The van der Waals surface area contributed by atoms with Crippen molar-refractivity contribution < 1.29 is 4.42 Å². The first-order valence-corrected chi connectivity index (χ1v) is 21.3. The Kier molecular flexibility index (Phi) is 7.38. The van der Waals surface area contributed by atoms with E-state index in [4.69, 9.17) is 9.40 Å². The lowest BCUT2D eigenvalue weighted by molar-refractivity contribution is 0.400. The fourth-order valence-corrected chi connectivity index (χ4v) is 10.6. The highest BCUT2D eigenvalue weighted by molar-refractivity contribution is 6.12. The quantitative estimate of drug-likeness (QED) is 0.162. The Morgan fingerprint density at radius 1 is 0.433 bits per heavy atom. The Balaban J connectivity index is 1.05. The van der Waals surface area contributed by atoms with Crippen LogP contribution in [0.2, 0.25) is 0 Å². The molecule has 2 atom stereocenters. The van der Waals surface area contributed by atoms with Gasteiger partial charge in [-0.1, -0.05) is 117 Å². The molecule has 0 bridgehead atoms. The molecule has 0 saturated heterocycles. The van der Waals surface area contributed by atoms with Gasteiger partial charge in [0, 0.05) is 59.8 Å². The van der Waals surface area contributed by atoms with Crippen molar-refractivity contribution >= 4 is 87.5 Å². The summed E-state index contributed by atoms with van der Waals surface area (Å²) in [4.78, 5) is 4.83. The Morgan fingerprint density at radius 3 is 1.42 bits per heavy atom. The van der Waals surface area contributed by atoms with Crippen molar-refractivity contribution in [3.63, 3.8) is 0 Å². The van der Waals surface area contributed by atoms with Crippen LogP contribution in [0.1, 0.15) is 51.7 Å². The smallest absolute Gasteiger partial charge is 0.227 e. The van der Waals surface area contributed by atoms with Gasteiger partial charge >= 0.3 is 0 Å². The number of para-hydroxylation sites is 5. The van der Waals surface area contributed by atoms with Crippen LogP contribution in [0.15, 0.2) is 174 Å². The van der Waals surface area contributed by atoms with Crippen molar-refractivity contribution in [3.05, 3.63) is 181 Å². The lowest BCUT2D eigenvalue weighted by atomic mass is 9.86. The van der Waals surface area contributed by atoms with E-state index in [1.165, 1.54) is 65.5 Å². The number of hydrogen-bond donors (Lipinski definition) is 0. The SMILES string of the molecule is CCC(C)(c1ccc2c(c1)c1ccccc1n2C(C)(CC)c1ccc2c(c1)c1ccccc1n2-c1cnc2oc3ccccc3c2c1)n1c2ccccc2c2ccccc21. The number of aromatic nitrogens is 4. The highest BCUT2D eigenvalue weighted by Gasteiger charge is 2.34. The molecule has 5 nitrogen and oxygen atoms in total. The van der Waals surface area contributed by atoms with E-state index < -0.39 is 0 Å². The molecule has 5 heterocycles. The van der Waals surface area contributed by atoms with Gasteiger partial charge in [0.1, 0.15) is 5.58 Å². The van der Waals surface area contributed by atoms with Gasteiger partial charge in [-0.3, -0.25) is 0 Å². The third kappa shape index (κ3) is 4.66. The van der Waals surface area contributed by atoms with E-state index in [9.17, 15) is 0 Å². The van der Waals surface area contributed by atoms with Crippen LogP contribution in [-0.2, 0) is 11.1 Å². The average Bonchev–Trinajstić information content (AvgIpc) is 4.04. The molecule has 5 heteroatoms. The number of rotatable bonds is 7. The molecule has 12 rings (SSSR count). The Hall–Kier alpha value is -7.11. The Morgan fingerprint density at radius 2 is 0.850 bits per heavy atom. The van der Waals surface area contributed by atoms with E-state index in [0.717, 1.165) is 45.9 Å². The van der Waals surface area contributed by atoms with Crippen LogP contribution in [-0.4, -0.2) is 18.7 Å². The molecule has 0 aliphatic carbocycles. The van der Waals surface area contributed by atoms with Crippen LogP contribution in [0, 0.1) is 0 Å². The molecule has 12 aromatic rings. The molecule has 0 radical (unpaired) electrons. The summed E-state index contributed by atoms with van der Waals surface area (Å²) < 4.78 is 13.7. The van der Waals surface area contributed by atoms with Crippen molar-refractivity contribution in [2.45, 2.75) is 51.6 Å². The number of nitrogens with zero attached hydrogens (tertiary/aromatic N) is 4. The molecule has 0 N–H and O–H groups in total. The zero-order chi connectivity index (χ0) is 40.3. The van der Waals surface area contributed by atoms with Crippen LogP contribution in [0.5, 0.6) is 0 Å². The molecule has 60 heavy (non-hydrogen) atoms. The van der Waals surface area contributed by atoms with Gasteiger partial charge in [-0.2, -0.15) is 0 Å². The van der Waals surface area contributed by atoms with Gasteiger partial charge in [-0.15, -0.1) is 0 Å². The molecular weight excluding hydrogens is 733 g/mol. The van der Waals surface area contributed by atoms with Crippen LogP contribution >= 0.6 is 0 Å². The first-order chi connectivity index (χ1) is 29.4. The van der Waals surface area contributed by atoms with Gasteiger partial charge in [0.05, 0.1) is 39.4 Å². The maximum atomic E-state index is 6.11. The van der Waals surface area contributed by atoms with Crippen molar-refractivity contribution in [1.82, 2.24) is 18.7 Å². The molecule has 0 saturated carbocycles. The number of fused-ring (bicyclic) bond motifs is 12. The van der Waals surface area contributed by atoms with Gasteiger partial charge in [0.15, 0.2) is 0 Å². The summed E-state index contributed by atoms with van der Waals surface area (Å²) >= 11 is 0. The molecule has 7 aromatic carbocycles. The van der Waals surface area contributed by atoms with E-state index in [1.807, 2.05) is 18.3 Å². The number of furan rings is 1. The summed E-state index contributed by atoms with van der Waals surface area (Å²) in [6.45, 7) is 9.49. The molecule has 290 valence electrons. The maximum Gasteiger partial charge on any atom is 0.227 e. The zero-order valence-electron chi connectivity index (χ0n) is 34.3. The molecule has 2 unspecified atom stereocenters. The third-order valence-corrected chi connectivity index (χ3v) is 14.0. The van der Waals surface area contributed by atoms with Crippen molar-refractivity contribution in [2.75, 3.05) is 0 Å². The summed E-state index contributed by atoms with van der Waals surface area (Å²) in [5, 5.41) is 9.72. The first-order valence-electron chi connectivity index (χ1n) is 21.3. The van der Waals surface area contributed by atoms with Gasteiger partial charge < -0.3 is 18.1 Å². The van der Waals surface area contributed by atoms with Crippen molar-refractivity contribution in [2.24, 2.45) is 0 Å². The monoisotopic (exact) mass is 776 g/mol. The molecule has 0 amide bonds. The third-order valence-electron chi connectivity index (χ3n) is 14.0. The van der Waals surface area contributed by atoms with Crippen molar-refractivity contribution in [1.29, 1.82) is 0 Å². The minimum Gasteiger partial charge on any atom is -0.438 e. The van der Waals surface area contributed by atoms with E-state index in [-0.39, 0.29) is 11.1 Å². The van der Waals surface area contributed by atoms with Crippen molar-refractivity contribution in [3.8, 4) is 5.69 Å².